The first-order valence-electron chi connectivity index (χ1n) is 11.7. The average molecular weight is 512 g/mol. The van der Waals surface area contributed by atoms with Gasteiger partial charge in [-0.3, -0.25) is 9.69 Å². The zero-order valence-electron chi connectivity index (χ0n) is 20.1. The number of thiazole rings is 1. The van der Waals surface area contributed by atoms with Gasteiger partial charge in [0.2, 0.25) is 10.0 Å². The van der Waals surface area contributed by atoms with Gasteiger partial charge in [0.05, 0.1) is 27.9 Å². The highest BCUT2D eigenvalue weighted by Gasteiger charge is 2.26. The fraction of sp³-hybridized carbons (Fsp3) is 0.308. The first-order valence-corrected chi connectivity index (χ1v) is 13.9. The van der Waals surface area contributed by atoms with Crippen LogP contribution in [0.4, 0.5) is 5.13 Å². The highest BCUT2D eigenvalue weighted by Crippen LogP contribution is 2.32. The number of rotatable bonds is 10. The van der Waals surface area contributed by atoms with Crippen molar-refractivity contribution in [1.82, 2.24) is 9.29 Å². The lowest BCUT2D eigenvalue weighted by Gasteiger charge is -2.21. The van der Waals surface area contributed by atoms with Crippen molar-refractivity contribution in [1.29, 1.82) is 0 Å². The van der Waals surface area contributed by atoms with E-state index in [2.05, 4.69) is 0 Å². The largest absolute Gasteiger partial charge is 0.467 e. The van der Waals surface area contributed by atoms with Gasteiger partial charge < -0.3 is 4.42 Å². The summed E-state index contributed by atoms with van der Waals surface area (Å²) < 4.78 is 34.2. The van der Waals surface area contributed by atoms with Gasteiger partial charge >= 0.3 is 0 Å². The molecule has 184 valence electrons. The zero-order chi connectivity index (χ0) is 25.0. The monoisotopic (exact) mass is 511 g/mol. The molecule has 0 saturated carbocycles. The van der Waals surface area contributed by atoms with Crippen molar-refractivity contribution in [2.75, 3.05) is 18.0 Å². The Morgan fingerprint density at radius 2 is 1.71 bits per heavy atom. The average Bonchev–Trinajstić information content (AvgIpc) is 3.52. The van der Waals surface area contributed by atoms with Crippen molar-refractivity contribution in [2.24, 2.45) is 0 Å². The van der Waals surface area contributed by atoms with Crippen LogP contribution in [-0.4, -0.2) is 36.7 Å². The molecular weight excluding hydrogens is 482 g/mol. The fourth-order valence-corrected chi connectivity index (χ4v) is 6.57. The number of aromatic nitrogens is 1. The molecule has 2 aromatic carbocycles. The van der Waals surface area contributed by atoms with Crippen LogP contribution in [0.3, 0.4) is 0 Å². The summed E-state index contributed by atoms with van der Waals surface area (Å²) in [6.07, 6.45) is 3.04. The van der Waals surface area contributed by atoms with Gasteiger partial charge in [-0.1, -0.05) is 37.3 Å². The first kappa shape index (κ1) is 25.1. The van der Waals surface area contributed by atoms with Crippen LogP contribution in [0.15, 0.2) is 70.2 Å². The number of nitrogens with zero attached hydrogens (tertiary/aromatic N) is 3. The molecule has 4 rings (SSSR count). The summed E-state index contributed by atoms with van der Waals surface area (Å²) in [5.74, 6) is 0.351. The van der Waals surface area contributed by atoms with Crippen LogP contribution in [-0.2, 0) is 16.6 Å². The van der Waals surface area contributed by atoms with Crippen LogP contribution in [0.25, 0.3) is 10.2 Å². The maximum Gasteiger partial charge on any atom is 0.260 e. The van der Waals surface area contributed by atoms with Gasteiger partial charge in [0.15, 0.2) is 5.13 Å². The molecule has 0 aliphatic carbocycles. The predicted molar refractivity (Wildman–Crippen MR) is 139 cm³/mol. The Kier molecular flexibility index (Phi) is 7.69. The standard InChI is InChI=1S/C26H29N3O4S2/c1-4-15-28(16-5-2)35(31,32)22-13-11-20(12-14-22)25(30)29(18-21-9-7-17-33-21)26-27-24-19(3)8-6-10-23(24)34-26/h6-14,17H,4-5,15-16,18H2,1-3H3. The molecule has 2 aromatic heterocycles. The lowest BCUT2D eigenvalue weighted by Crippen LogP contribution is -2.33. The van der Waals surface area contributed by atoms with Crippen LogP contribution in [0.2, 0.25) is 0 Å². The molecule has 0 radical (unpaired) electrons. The van der Waals surface area contributed by atoms with E-state index >= 15 is 0 Å². The predicted octanol–water partition coefficient (Wildman–Crippen LogP) is 5.86. The maximum atomic E-state index is 13.6. The summed E-state index contributed by atoms with van der Waals surface area (Å²) in [4.78, 5) is 20.1. The van der Waals surface area contributed by atoms with E-state index in [0.717, 1.165) is 28.6 Å². The lowest BCUT2D eigenvalue weighted by atomic mass is 10.2. The van der Waals surface area contributed by atoms with Crippen LogP contribution in [0.5, 0.6) is 0 Å². The summed E-state index contributed by atoms with van der Waals surface area (Å²) in [5.41, 5.74) is 2.27. The molecule has 35 heavy (non-hydrogen) atoms. The Balaban J connectivity index is 1.67. The summed E-state index contributed by atoms with van der Waals surface area (Å²) >= 11 is 1.44. The number of hydrogen-bond acceptors (Lipinski definition) is 6. The number of hydrogen-bond donors (Lipinski definition) is 0. The molecule has 1 amide bonds. The molecular formula is C26H29N3O4S2. The molecule has 9 heteroatoms. The summed E-state index contributed by atoms with van der Waals surface area (Å²) in [5, 5.41) is 0.560. The minimum Gasteiger partial charge on any atom is -0.467 e. The molecule has 7 nitrogen and oxygen atoms in total. The smallest absolute Gasteiger partial charge is 0.260 e. The summed E-state index contributed by atoms with van der Waals surface area (Å²) in [6, 6.07) is 15.7. The number of fused-ring (bicyclic) bond motifs is 1. The maximum absolute atomic E-state index is 13.6. The van der Waals surface area contributed by atoms with Gasteiger partial charge in [0.1, 0.15) is 5.76 Å². The Hall–Kier alpha value is -3.01. The van der Waals surface area contributed by atoms with E-state index < -0.39 is 10.0 Å². The molecule has 0 atom stereocenters. The Morgan fingerprint density at radius 3 is 2.31 bits per heavy atom. The molecule has 0 bridgehead atoms. The molecule has 0 N–H and O–H groups in total. The Labute approximate surface area is 210 Å². The molecule has 0 spiro atoms. The van der Waals surface area contributed by atoms with Crippen LogP contribution < -0.4 is 4.90 Å². The topological polar surface area (TPSA) is 83.7 Å². The Morgan fingerprint density at radius 1 is 1.00 bits per heavy atom. The van der Waals surface area contributed by atoms with Crippen molar-refractivity contribution < 1.29 is 17.6 Å². The van der Waals surface area contributed by atoms with E-state index in [1.165, 1.54) is 27.8 Å². The van der Waals surface area contributed by atoms with Crippen LogP contribution in [0.1, 0.15) is 48.4 Å². The van der Waals surface area contributed by atoms with Gasteiger partial charge in [-0.25, -0.2) is 13.4 Å². The number of anilines is 1. The van der Waals surface area contributed by atoms with Gasteiger partial charge in [0.25, 0.3) is 5.91 Å². The number of benzene rings is 2. The molecule has 0 fully saturated rings. The van der Waals surface area contributed by atoms with E-state index in [0.29, 0.717) is 29.5 Å². The second-order valence-electron chi connectivity index (χ2n) is 8.32. The van der Waals surface area contributed by atoms with Crippen molar-refractivity contribution in [2.45, 2.75) is 45.1 Å². The Bertz CT molecular complexity index is 1390. The number of aryl methyl sites for hydroxylation is 1. The van der Waals surface area contributed by atoms with Crippen LogP contribution >= 0.6 is 11.3 Å². The minimum atomic E-state index is -3.62. The second-order valence-corrected chi connectivity index (χ2v) is 11.3. The quantitative estimate of drug-likeness (QED) is 0.266. The number of amides is 1. The number of carbonyl (C=O) groups is 1. The van der Waals surface area contributed by atoms with E-state index in [1.807, 2.05) is 45.0 Å². The SMILES string of the molecule is CCCN(CCC)S(=O)(=O)c1ccc(C(=O)N(Cc2ccco2)c2nc3c(C)cccc3s2)cc1. The van der Waals surface area contributed by atoms with Gasteiger partial charge in [-0.2, -0.15) is 4.31 Å². The van der Waals surface area contributed by atoms with E-state index in [4.69, 9.17) is 9.40 Å². The third-order valence-electron chi connectivity index (χ3n) is 5.66. The third kappa shape index (κ3) is 5.32. The molecule has 0 saturated heterocycles. The second kappa shape index (κ2) is 10.7. The summed E-state index contributed by atoms with van der Waals surface area (Å²) in [7, 11) is -3.62. The van der Waals surface area contributed by atoms with E-state index in [1.54, 1.807) is 29.4 Å². The van der Waals surface area contributed by atoms with E-state index in [-0.39, 0.29) is 17.3 Å². The lowest BCUT2D eigenvalue weighted by molar-refractivity contribution is 0.0983. The molecule has 4 aromatic rings. The number of carbonyl (C=O) groups excluding carboxylic acids is 1. The third-order valence-corrected chi connectivity index (χ3v) is 8.62. The van der Waals surface area contributed by atoms with Crippen molar-refractivity contribution in [3.63, 3.8) is 0 Å². The van der Waals surface area contributed by atoms with E-state index in [9.17, 15) is 13.2 Å². The van der Waals surface area contributed by atoms with Gasteiger partial charge in [0, 0.05) is 18.7 Å². The number of furan rings is 1. The first-order chi connectivity index (χ1) is 16.8. The van der Waals surface area contributed by atoms with Crippen molar-refractivity contribution in [3.8, 4) is 0 Å². The highest BCUT2D eigenvalue weighted by atomic mass is 32.2. The summed E-state index contributed by atoms with van der Waals surface area (Å²) in [6.45, 7) is 7.04. The molecule has 0 unspecified atom stereocenters. The van der Waals surface area contributed by atoms with Crippen molar-refractivity contribution in [3.05, 3.63) is 77.7 Å². The number of para-hydroxylation sites is 1. The highest BCUT2D eigenvalue weighted by molar-refractivity contribution is 7.89. The van der Waals surface area contributed by atoms with Gasteiger partial charge in [-0.15, -0.1) is 0 Å². The normalized spacial score (nSPS) is 11.9. The fourth-order valence-electron chi connectivity index (χ4n) is 3.90. The molecule has 2 heterocycles. The van der Waals surface area contributed by atoms with Crippen LogP contribution in [0, 0.1) is 6.92 Å². The zero-order valence-corrected chi connectivity index (χ0v) is 21.7. The minimum absolute atomic E-state index is 0.184. The van der Waals surface area contributed by atoms with Gasteiger partial charge in [-0.05, 0) is 67.8 Å². The number of sulfonamides is 1. The molecule has 0 aliphatic heterocycles. The van der Waals surface area contributed by atoms with Crippen molar-refractivity contribution >= 4 is 42.6 Å². The molecule has 0 aliphatic rings.